The monoisotopic (exact) mass is 538 g/mol. The summed E-state index contributed by atoms with van der Waals surface area (Å²) >= 11 is 0. The summed E-state index contributed by atoms with van der Waals surface area (Å²) in [6.45, 7) is 4.48. The minimum Gasteiger partial charge on any atom is -0.493 e. The molecule has 3 aromatic carbocycles. The van der Waals surface area contributed by atoms with Crippen molar-refractivity contribution in [1.82, 2.24) is 5.43 Å². The van der Waals surface area contributed by atoms with Crippen molar-refractivity contribution in [2.75, 3.05) is 30.4 Å². The van der Waals surface area contributed by atoms with E-state index in [9.17, 15) is 18.0 Å². The molecule has 11 heteroatoms. The highest BCUT2D eigenvalue weighted by Gasteiger charge is 2.28. The van der Waals surface area contributed by atoms with Crippen LogP contribution in [-0.4, -0.2) is 46.7 Å². The Balaban J connectivity index is 1.86. The van der Waals surface area contributed by atoms with Crippen molar-refractivity contribution in [2.24, 2.45) is 5.10 Å². The molecular formula is C27H30N4O6S. The summed E-state index contributed by atoms with van der Waals surface area (Å²) < 4.78 is 38.8. The van der Waals surface area contributed by atoms with Crippen molar-refractivity contribution in [2.45, 2.75) is 25.7 Å². The molecule has 200 valence electrons. The lowest BCUT2D eigenvalue weighted by atomic mass is 10.1. The zero-order valence-electron chi connectivity index (χ0n) is 21.8. The molecule has 10 nitrogen and oxygen atoms in total. The highest BCUT2D eigenvalue weighted by Crippen LogP contribution is 2.32. The van der Waals surface area contributed by atoms with Gasteiger partial charge in [0.05, 0.1) is 30.5 Å². The Morgan fingerprint density at radius 1 is 0.895 bits per heavy atom. The van der Waals surface area contributed by atoms with Gasteiger partial charge in [-0.1, -0.05) is 29.8 Å². The van der Waals surface area contributed by atoms with Gasteiger partial charge >= 0.3 is 0 Å². The maximum Gasteiger partial charge on any atom is 0.264 e. The summed E-state index contributed by atoms with van der Waals surface area (Å²) in [5.41, 5.74) is 5.53. The van der Waals surface area contributed by atoms with Gasteiger partial charge < -0.3 is 14.8 Å². The molecule has 0 aliphatic carbocycles. The van der Waals surface area contributed by atoms with Gasteiger partial charge in [0.1, 0.15) is 6.54 Å². The second kappa shape index (κ2) is 12.2. The Morgan fingerprint density at radius 3 is 2.11 bits per heavy atom. The second-order valence-corrected chi connectivity index (χ2v) is 10.2. The van der Waals surface area contributed by atoms with Crippen LogP contribution in [0.5, 0.6) is 11.5 Å². The molecule has 3 rings (SSSR count). The summed E-state index contributed by atoms with van der Waals surface area (Å²) in [7, 11) is -1.31. The van der Waals surface area contributed by atoms with Gasteiger partial charge in [-0.2, -0.15) is 5.10 Å². The van der Waals surface area contributed by atoms with Crippen molar-refractivity contribution >= 4 is 38.9 Å². The molecule has 0 aromatic heterocycles. The third-order valence-corrected chi connectivity index (χ3v) is 7.29. The van der Waals surface area contributed by atoms with Crippen LogP contribution >= 0.6 is 0 Å². The molecule has 2 amide bonds. The number of nitrogens with one attached hydrogen (secondary N) is 2. The number of methoxy groups -OCH3 is 2. The van der Waals surface area contributed by atoms with E-state index in [2.05, 4.69) is 15.8 Å². The van der Waals surface area contributed by atoms with E-state index in [4.69, 9.17) is 9.47 Å². The van der Waals surface area contributed by atoms with Crippen molar-refractivity contribution in [3.63, 3.8) is 0 Å². The van der Waals surface area contributed by atoms with E-state index in [0.717, 1.165) is 9.87 Å². The fraction of sp³-hybridized carbons (Fsp3) is 0.222. The van der Waals surface area contributed by atoms with Gasteiger partial charge in [0.15, 0.2) is 11.5 Å². The van der Waals surface area contributed by atoms with Crippen molar-refractivity contribution in [1.29, 1.82) is 0 Å². The quantitative estimate of drug-likeness (QED) is 0.299. The smallest absolute Gasteiger partial charge is 0.264 e. The lowest BCUT2D eigenvalue weighted by molar-refractivity contribution is -0.119. The molecule has 0 saturated heterocycles. The van der Waals surface area contributed by atoms with E-state index in [0.29, 0.717) is 28.4 Å². The van der Waals surface area contributed by atoms with Gasteiger partial charge in [-0.15, -0.1) is 0 Å². The van der Waals surface area contributed by atoms with Crippen molar-refractivity contribution in [3.8, 4) is 11.5 Å². The first-order valence-electron chi connectivity index (χ1n) is 11.6. The minimum atomic E-state index is -4.17. The van der Waals surface area contributed by atoms with E-state index < -0.39 is 22.5 Å². The SMILES string of the molecule is COc1ccc(S(=O)(=O)N(CC(=O)N/N=C(/C)c2ccc(NC(C)=O)cc2)c2ccc(C)cc2)cc1OC. The molecular weight excluding hydrogens is 508 g/mol. The molecule has 0 spiro atoms. The normalized spacial score (nSPS) is 11.4. The zero-order valence-corrected chi connectivity index (χ0v) is 22.6. The average Bonchev–Trinajstić information content (AvgIpc) is 2.90. The number of carbonyl (C=O) groups is 2. The van der Waals surface area contributed by atoms with E-state index >= 15 is 0 Å². The largest absolute Gasteiger partial charge is 0.493 e. The number of carbonyl (C=O) groups excluding carboxylic acids is 2. The van der Waals surface area contributed by atoms with Crippen LogP contribution in [0.3, 0.4) is 0 Å². The predicted octanol–water partition coefficient (Wildman–Crippen LogP) is 3.71. The maximum atomic E-state index is 13.7. The number of aryl methyl sites for hydroxylation is 1. The Hall–Kier alpha value is -4.38. The summed E-state index contributed by atoms with van der Waals surface area (Å²) in [5.74, 6) is -0.201. The van der Waals surface area contributed by atoms with Crippen molar-refractivity contribution in [3.05, 3.63) is 77.9 Å². The third-order valence-electron chi connectivity index (χ3n) is 5.52. The molecule has 0 heterocycles. The Morgan fingerprint density at radius 2 is 1.53 bits per heavy atom. The van der Waals surface area contributed by atoms with E-state index in [1.165, 1.54) is 39.3 Å². The van der Waals surface area contributed by atoms with Crippen LogP contribution in [0.1, 0.15) is 25.0 Å². The van der Waals surface area contributed by atoms with Gasteiger partial charge in [0.25, 0.3) is 15.9 Å². The van der Waals surface area contributed by atoms with Gasteiger partial charge in [-0.05, 0) is 55.8 Å². The number of anilines is 2. The predicted molar refractivity (Wildman–Crippen MR) is 146 cm³/mol. The number of rotatable bonds is 10. The molecule has 3 aromatic rings. The van der Waals surface area contributed by atoms with Crippen LogP contribution in [0.25, 0.3) is 0 Å². The highest BCUT2D eigenvalue weighted by molar-refractivity contribution is 7.92. The molecule has 0 fully saturated rings. The molecule has 38 heavy (non-hydrogen) atoms. The number of sulfonamides is 1. The fourth-order valence-corrected chi connectivity index (χ4v) is 4.94. The fourth-order valence-electron chi connectivity index (χ4n) is 3.50. The van der Waals surface area contributed by atoms with E-state index in [1.54, 1.807) is 55.5 Å². The third kappa shape index (κ3) is 6.88. The lowest BCUT2D eigenvalue weighted by Crippen LogP contribution is -2.39. The summed E-state index contributed by atoms with van der Waals surface area (Å²) in [5, 5.41) is 6.80. The van der Waals surface area contributed by atoms with E-state index in [1.807, 2.05) is 6.92 Å². The summed E-state index contributed by atoms with van der Waals surface area (Å²) in [6.07, 6.45) is 0. The molecule has 0 aliphatic rings. The summed E-state index contributed by atoms with van der Waals surface area (Å²) in [6, 6.07) is 17.9. The maximum absolute atomic E-state index is 13.7. The molecule has 0 atom stereocenters. The molecule has 2 N–H and O–H groups in total. The van der Waals surface area contributed by atoms with Crippen LogP contribution in [0.4, 0.5) is 11.4 Å². The molecule has 0 saturated carbocycles. The standard InChI is InChI=1S/C27H30N4O6S/c1-18-6-12-23(13-7-18)31(38(34,35)24-14-15-25(36-4)26(16-24)37-5)17-27(33)30-29-19(2)21-8-10-22(11-9-21)28-20(3)32/h6-16H,17H2,1-5H3,(H,28,32)(H,30,33)/b29-19-. The lowest BCUT2D eigenvalue weighted by Gasteiger charge is -2.24. The number of hydrogen-bond acceptors (Lipinski definition) is 7. The van der Waals surface area contributed by atoms with E-state index in [-0.39, 0.29) is 16.6 Å². The highest BCUT2D eigenvalue weighted by atomic mass is 32.2. The molecule has 0 aliphatic heterocycles. The first kappa shape index (κ1) is 28.2. The van der Waals surface area contributed by atoms with Crippen LogP contribution < -0.4 is 24.5 Å². The average molecular weight is 539 g/mol. The topological polar surface area (TPSA) is 126 Å². The second-order valence-electron chi connectivity index (χ2n) is 8.35. The van der Waals surface area contributed by atoms with Crippen LogP contribution in [0, 0.1) is 6.92 Å². The van der Waals surface area contributed by atoms with Gasteiger partial charge in [-0.25, -0.2) is 13.8 Å². The van der Waals surface area contributed by atoms with Gasteiger partial charge in [0.2, 0.25) is 5.91 Å². The zero-order chi connectivity index (χ0) is 27.9. The Bertz CT molecular complexity index is 1440. The first-order valence-corrected chi connectivity index (χ1v) is 13.0. The Labute approximate surface area is 222 Å². The number of nitrogens with zero attached hydrogens (tertiary/aromatic N) is 2. The molecule has 0 bridgehead atoms. The van der Waals surface area contributed by atoms with Crippen molar-refractivity contribution < 1.29 is 27.5 Å². The summed E-state index contributed by atoms with van der Waals surface area (Å²) in [4.78, 5) is 24.0. The number of benzene rings is 3. The number of hydrazone groups is 1. The molecule has 0 unspecified atom stereocenters. The number of hydrogen-bond donors (Lipinski definition) is 2. The van der Waals surface area contributed by atoms with Crippen LogP contribution in [0.2, 0.25) is 0 Å². The Kier molecular flexibility index (Phi) is 9.08. The minimum absolute atomic E-state index is 0.0672. The molecule has 0 radical (unpaired) electrons. The van der Waals surface area contributed by atoms with Gasteiger partial charge in [-0.3, -0.25) is 13.9 Å². The number of ether oxygens (including phenoxy) is 2. The van der Waals surface area contributed by atoms with Crippen LogP contribution in [-0.2, 0) is 19.6 Å². The van der Waals surface area contributed by atoms with Crippen LogP contribution in [0.15, 0.2) is 76.7 Å². The number of amides is 2. The van der Waals surface area contributed by atoms with Gasteiger partial charge in [0, 0.05) is 18.7 Å². The first-order chi connectivity index (χ1) is 18.0.